The zero-order valence-corrected chi connectivity index (χ0v) is 13.1. The first kappa shape index (κ1) is 29.3. The zero-order valence-electron chi connectivity index (χ0n) is 13.1. The molecule has 0 saturated heterocycles. The van der Waals surface area contributed by atoms with Gasteiger partial charge in [0.2, 0.25) is 0 Å². The van der Waals surface area contributed by atoms with Crippen LogP contribution < -0.4 is 0 Å². The molecular weight excluding hydrogens is 180 g/mol. The summed E-state index contributed by atoms with van der Waals surface area (Å²) in [5, 5.41) is 0. The van der Waals surface area contributed by atoms with Gasteiger partial charge in [-0.2, -0.15) is 0 Å². The Balaban J connectivity index is -0.0000000318. The molecule has 0 aromatic heterocycles. The Bertz CT molecular complexity index is 64.6. The van der Waals surface area contributed by atoms with Crippen molar-refractivity contribution in [2.75, 3.05) is 0 Å². The van der Waals surface area contributed by atoms with Crippen LogP contribution in [0.15, 0.2) is 0 Å². The summed E-state index contributed by atoms with van der Waals surface area (Å²) in [5.74, 6) is 3.15. The average Bonchev–Trinajstić information content (AvgIpc) is 2.27. The quantitative estimate of drug-likeness (QED) is 0.485. The van der Waals surface area contributed by atoms with E-state index in [-0.39, 0.29) is 0 Å². The van der Waals surface area contributed by atoms with E-state index in [0.29, 0.717) is 0 Å². The highest BCUT2D eigenvalue weighted by molar-refractivity contribution is 4.73. The van der Waals surface area contributed by atoms with Crippen LogP contribution >= 0.6 is 0 Å². The van der Waals surface area contributed by atoms with Gasteiger partial charge in [-0.15, -0.1) is 12.3 Å². The molecule has 0 aliphatic heterocycles. The topological polar surface area (TPSA) is 0 Å². The zero-order chi connectivity index (χ0) is 13.7. The maximum absolute atomic E-state index is 4.60. The predicted molar refractivity (Wildman–Crippen MR) is 78.3 cm³/mol. The van der Waals surface area contributed by atoms with Gasteiger partial charge in [-0.1, -0.05) is 75.2 Å². The number of hydrogen-bond donors (Lipinski definition) is 0. The molecule has 0 aliphatic carbocycles. The molecule has 0 radical (unpaired) electrons. The summed E-state index contributed by atoms with van der Waals surface area (Å²) >= 11 is 0. The molecule has 0 aromatic rings. The van der Waals surface area contributed by atoms with Gasteiger partial charge in [0, 0.05) is 0 Å². The molecule has 0 aromatic carbocycles. The van der Waals surface area contributed by atoms with Crippen LogP contribution in [0.3, 0.4) is 0 Å². The van der Waals surface area contributed by atoms with Crippen LogP contribution in [0.25, 0.3) is 0 Å². The summed E-state index contributed by atoms with van der Waals surface area (Å²) in [4.78, 5) is 0. The molecule has 96 valence electrons. The van der Waals surface area contributed by atoms with E-state index < -0.39 is 0 Å². The number of hydrogen-bond acceptors (Lipinski definition) is 0. The van der Waals surface area contributed by atoms with Gasteiger partial charge in [0.05, 0.1) is 0 Å². The molecule has 0 amide bonds. The first-order valence-corrected chi connectivity index (χ1v) is 6.56. The lowest BCUT2D eigenvalue weighted by atomic mass is 10.1. The monoisotopic (exact) mass is 216 g/mol. The molecule has 0 fully saturated rings. The molecule has 0 N–H and O–H groups in total. The first-order chi connectivity index (χ1) is 7.18. The minimum atomic E-state index is 0.898. The third-order valence-electron chi connectivity index (χ3n) is 0.866. The molecule has 0 rings (SSSR count). The molecule has 0 spiro atoms. The van der Waals surface area contributed by atoms with E-state index in [9.17, 15) is 0 Å². The Morgan fingerprint density at radius 1 is 0.933 bits per heavy atom. The highest BCUT2D eigenvalue weighted by Crippen LogP contribution is 2.00. The molecule has 15 heavy (non-hydrogen) atoms. The van der Waals surface area contributed by atoms with Gasteiger partial charge in [0.15, 0.2) is 0 Å². The van der Waals surface area contributed by atoms with Crippen LogP contribution in [0, 0.1) is 18.3 Å². The third kappa shape index (κ3) is 277. The van der Waals surface area contributed by atoms with Crippen LogP contribution in [0.1, 0.15) is 82.1 Å². The molecule has 0 unspecified atom stereocenters. The fourth-order valence-corrected chi connectivity index (χ4v) is 0.577. The Labute approximate surface area is 101 Å². The summed E-state index contributed by atoms with van der Waals surface area (Å²) < 4.78 is 0. The summed E-state index contributed by atoms with van der Waals surface area (Å²) in [7, 11) is 0. The smallest absolute Gasteiger partial charge is 0.00297 e. The number of rotatable bonds is 2. The molecule has 0 atom stereocenters. The fraction of sp³-hybridized carbons (Fsp3) is 0.867. The summed E-state index contributed by atoms with van der Waals surface area (Å²) in [6.45, 7) is 20.4. The van der Waals surface area contributed by atoms with E-state index in [2.05, 4.69) is 33.1 Å². The van der Waals surface area contributed by atoms with E-state index in [0.717, 1.165) is 5.92 Å². The lowest BCUT2D eigenvalue weighted by Gasteiger charge is -1.95. The first-order valence-electron chi connectivity index (χ1n) is 6.56. The lowest BCUT2D eigenvalue weighted by molar-refractivity contribution is 0.576. The second kappa shape index (κ2) is 69.2. The maximum atomic E-state index is 4.60. The van der Waals surface area contributed by atoms with Crippen LogP contribution in [0.5, 0.6) is 0 Å². The van der Waals surface area contributed by atoms with Crippen LogP contribution in [-0.4, -0.2) is 0 Å². The van der Waals surface area contributed by atoms with E-state index in [4.69, 9.17) is 0 Å². The average molecular weight is 216 g/mol. The summed E-state index contributed by atoms with van der Waals surface area (Å²) in [6.07, 6.45) is 7.30. The van der Waals surface area contributed by atoms with Crippen molar-refractivity contribution < 1.29 is 0 Å². The van der Waals surface area contributed by atoms with Gasteiger partial charge in [-0.3, -0.25) is 0 Å². The standard InChI is InChI=1S/C6H14.C3H4.3C2H6/c1-4-5-6(2)3;1-3-2;3*1-2/h6H,4-5H2,1-3H3;1H,2H3;3*1-2H3. The van der Waals surface area contributed by atoms with Crippen molar-refractivity contribution in [1.82, 2.24) is 0 Å². The predicted octanol–water partition coefficient (Wildman–Crippen LogP) is 6.16. The summed E-state index contributed by atoms with van der Waals surface area (Å²) in [6, 6.07) is 0. The minimum Gasteiger partial charge on any atom is -0.120 e. The van der Waals surface area contributed by atoms with E-state index in [1.54, 1.807) is 6.92 Å². The highest BCUT2D eigenvalue weighted by atomic mass is 13.9. The van der Waals surface area contributed by atoms with Crippen molar-refractivity contribution in [3.8, 4) is 12.3 Å². The second-order valence-corrected chi connectivity index (χ2v) is 2.47. The van der Waals surface area contributed by atoms with Gasteiger partial charge < -0.3 is 0 Å². The van der Waals surface area contributed by atoms with Crippen LogP contribution in [0.4, 0.5) is 0 Å². The molecule has 0 heterocycles. The molecular formula is C15H36. The third-order valence-corrected chi connectivity index (χ3v) is 0.866. The van der Waals surface area contributed by atoms with Crippen LogP contribution in [-0.2, 0) is 0 Å². The summed E-state index contributed by atoms with van der Waals surface area (Å²) in [5.41, 5.74) is 0. The second-order valence-electron chi connectivity index (χ2n) is 2.47. The van der Waals surface area contributed by atoms with Crippen molar-refractivity contribution in [2.45, 2.75) is 82.1 Å². The minimum absolute atomic E-state index is 0.898. The van der Waals surface area contributed by atoms with Crippen molar-refractivity contribution in [3.63, 3.8) is 0 Å². The van der Waals surface area contributed by atoms with Gasteiger partial charge >= 0.3 is 0 Å². The van der Waals surface area contributed by atoms with E-state index in [1.807, 2.05) is 41.5 Å². The van der Waals surface area contributed by atoms with Gasteiger partial charge in [-0.25, -0.2) is 0 Å². The Kier molecular flexibility index (Phi) is 135. The Morgan fingerprint density at radius 3 is 1.13 bits per heavy atom. The molecule has 0 nitrogen and oxygen atoms in total. The van der Waals surface area contributed by atoms with Gasteiger partial charge in [0.25, 0.3) is 0 Å². The van der Waals surface area contributed by atoms with Crippen molar-refractivity contribution >= 4 is 0 Å². The van der Waals surface area contributed by atoms with E-state index >= 15 is 0 Å². The van der Waals surface area contributed by atoms with Crippen molar-refractivity contribution in [3.05, 3.63) is 0 Å². The molecule has 0 bridgehead atoms. The largest absolute Gasteiger partial charge is 0.120 e. The SMILES string of the molecule is C#CC.CC.CC.CC.CCCC(C)C. The van der Waals surface area contributed by atoms with Crippen molar-refractivity contribution in [1.29, 1.82) is 0 Å². The van der Waals surface area contributed by atoms with E-state index in [1.165, 1.54) is 12.8 Å². The Morgan fingerprint density at radius 2 is 1.13 bits per heavy atom. The lowest BCUT2D eigenvalue weighted by Crippen LogP contribution is -1.81. The fourth-order valence-electron chi connectivity index (χ4n) is 0.577. The van der Waals surface area contributed by atoms with Gasteiger partial charge in [-0.05, 0) is 12.8 Å². The van der Waals surface area contributed by atoms with Crippen LogP contribution in [0.2, 0.25) is 0 Å². The maximum Gasteiger partial charge on any atom is -0.00297 e. The number of terminal acetylenes is 1. The van der Waals surface area contributed by atoms with Gasteiger partial charge in [0.1, 0.15) is 0 Å². The molecule has 0 saturated carbocycles. The Hall–Kier alpha value is -0.440. The van der Waals surface area contributed by atoms with Crippen molar-refractivity contribution in [2.24, 2.45) is 5.92 Å². The molecule has 0 heteroatoms. The highest BCUT2D eigenvalue weighted by Gasteiger charge is 1.85. The normalized spacial score (nSPS) is 5.73. The molecule has 0 aliphatic rings.